The van der Waals surface area contributed by atoms with Crippen molar-refractivity contribution in [3.05, 3.63) is 50.9 Å². The monoisotopic (exact) mass is 410 g/mol. The predicted molar refractivity (Wildman–Crippen MR) is 90.2 cm³/mol. The predicted octanol–water partition coefficient (Wildman–Crippen LogP) is 4.27. The third kappa shape index (κ3) is 2.91. The van der Waals surface area contributed by atoms with E-state index >= 15 is 0 Å². The molecule has 1 aliphatic heterocycles. The van der Waals surface area contributed by atoms with E-state index in [9.17, 15) is 4.79 Å². The number of fused-ring (bicyclic) bond motifs is 1. The average molecular weight is 412 g/mol. The molecular weight excluding hydrogens is 400 g/mol. The molecule has 0 saturated heterocycles. The normalized spacial score (nSPS) is 12.9. The lowest BCUT2D eigenvalue weighted by Crippen LogP contribution is -2.22. The number of nitrogens with one attached hydrogen (secondary N) is 2. The first-order chi connectivity index (χ1) is 10.2. The molecule has 0 aromatic heterocycles. The lowest BCUT2D eigenvalue weighted by atomic mass is 10.1. The molecule has 2 aromatic rings. The van der Waals surface area contributed by atoms with Crippen LogP contribution >= 0.6 is 31.9 Å². The van der Waals surface area contributed by atoms with E-state index in [2.05, 4.69) is 42.5 Å². The minimum Gasteiger partial charge on any atom is -0.489 e. The third-order valence-corrected chi connectivity index (χ3v) is 4.45. The van der Waals surface area contributed by atoms with Crippen LogP contribution in [0.25, 0.3) is 0 Å². The van der Waals surface area contributed by atoms with Crippen molar-refractivity contribution in [2.75, 3.05) is 23.8 Å². The number of para-hydroxylation sites is 2. The summed E-state index contributed by atoms with van der Waals surface area (Å²) < 4.78 is 7.26. The van der Waals surface area contributed by atoms with E-state index < -0.39 is 0 Å². The molecule has 21 heavy (non-hydrogen) atoms. The Morgan fingerprint density at radius 2 is 1.86 bits per heavy atom. The number of carbonyl (C=O) groups excluding carboxylic acids is 1. The number of hydrogen-bond acceptors (Lipinski definition) is 3. The Kier molecular flexibility index (Phi) is 4.17. The lowest BCUT2D eigenvalue weighted by Gasteiger charge is -2.21. The molecule has 1 amide bonds. The molecule has 1 heterocycles. The molecule has 3 rings (SSSR count). The molecule has 0 saturated carbocycles. The van der Waals surface area contributed by atoms with E-state index in [0.717, 1.165) is 21.2 Å². The summed E-state index contributed by atoms with van der Waals surface area (Å²) in [5, 5.41) is 6.13. The molecule has 2 N–H and O–H groups in total. The molecule has 6 heteroatoms. The van der Waals surface area contributed by atoms with Crippen LogP contribution in [0.15, 0.2) is 45.3 Å². The van der Waals surface area contributed by atoms with Crippen molar-refractivity contribution >= 4 is 49.1 Å². The molecule has 0 atom stereocenters. The molecule has 0 fully saturated rings. The highest BCUT2D eigenvalue weighted by Gasteiger charge is 2.20. The molecule has 0 unspecified atom stereocenters. The number of halogens is 2. The maximum Gasteiger partial charge on any atom is 0.259 e. The van der Waals surface area contributed by atoms with Crippen LogP contribution in [0.2, 0.25) is 0 Å². The fourth-order valence-corrected chi connectivity index (χ4v) is 3.34. The van der Waals surface area contributed by atoms with Crippen molar-refractivity contribution in [1.29, 1.82) is 0 Å². The zero-order valence-electron chi connectivity index (χ0n) is 11.0. The van der Waals surface area contributed by atoms with E-state index in [4.69, 9.17) is 4.74 Å². The number of anilines is 2. The minimum atomic E-state index is -0.205. The van der Waals surface area contributed by atoms with Gasteiger partial charge in [-0.25, -0.2) is 0 Å². The summed E-state index contributed by atoms with van der Waals surface area (Å²) in [7, 11) is 0. The van der Waals surface area contributed by atoms with Gasteiger partial charge in [-0.2, -0.15) is 0 Å². The Morgan fingerprint density at radius 3 is 2.62 bits per heavy atom. The van der Waals surface area contributed by atoms with Gasteiger partial charge in [0.05, 0.1) is 16.9 Å². The van der Waals surface area contributed by atoms with Gasteiger partial charge >= 0.3 is 0 Å². The molecule has 0 radical (unpaired) electrons. The number of carbonyl (C=O) groups is 1. The van der Waals surface area contributed by atoms with Gasteiger partial charge in [-0.15, -0.1) is 0 Å². The Hall–Kier alpha value is -1.53. The second-order valence-corrected chi connectivity index (χ2v) is 6.22. The highest BCUT2D eigenvalue weighted by Crippen LogP contribution is 2.34. The van der Waals surface area contributed by atoms with E-state index in [1.165, 1.54) is 0 Å². The smallest absolute Gasteiger partial charge is 0.259 e. The van der Waals surface area contributed by atoms with Crippen LogP contribution in [0.5, 0.6) is 5.75 Å². The second-order valence-electron chi connectivity index (χ2n) is 4.51. The Morgan fingerprint density at radius 1 is 1.14 bits per heavy atom. The number of ether oxygens (including phenoxy) is 1. The van der Waals surface area contributed by atoms with Crippen LogP contribution in [-0.2, 0) is 0 Å². The molecule has 0 aliphatic carbocycles. The zero-order chi connectivity index (χ0) is 14.8. The summed E-state index contributed by atoms with van der Waals surface area (Å²) in [6.45, 7) is 1.30. The number of amides is 1. The summed E-state index contributed by atoms with van der Waals surface area (Å²) in [6, 6.07) is 11.1. The Balaban J connectivity index is 1.93. The number of benzene rings is 2. The molecule has 0 bridgehead atoms. The molecule has 108 valence electrons. The lowest BCUT2D eigenvalue weighted by molar-refractivity contribution is 0.102. The summed E-state index contributed by atoms with van der Waals surface area (Å²) in [5.74, 6) is 0.396. The van der Waals surface area contributed by atoms with Gasteiger partial charge in [0.1, 0.15) is 6.61 Å². The summed E-state index contributed by atoms with van der Waals surface area (Å²) >= 11 is 6.87. The van der Waals surface area contributed by atoms with Gasteiger partial charge in [0, 0.05) is 15.5 Å². The van der Waals surface area contributed by atoms with Crippen LogP contribution < -0.4 is 15.4 Å². The summed E-state index contributed by atoms with van der Waals surface area (Å²) in [6.07, 6.45) is 0. The zero-order valence-corrected chi connectivity index (χ0v) is 14.1. The molecular formula is C15H12Br2N2O2. The maximum atomic E-state index is 12.5. The van der Waals surface area contributed by atoms with Gasteiger partial charge in [0.15, 0.2) is 5.75 Å². The second kappa shape index (κ2) is 6.07. The number of rotatable bonds is 2. The first-order valence-corrected chi connectivity index (χ1v) is 8.00. The van der Waals surface area contributed by atoms with Gasteiger partial charge in [0.2, 0.25) is 0 Å². The van der Waals surface area contributed by atoms with Crippen molar-refractivity contribution in [3.8, 4) is 5.75 Å². The van der Waals surface area contributed by atoms with Gasteiger partial charge < -0.3 is 15.4 Å². The quantitative estimate of drug-likeness (QED) is 0.775. The first kappa shape index (κ1) is 14.4. The topological polar surface area (TPSA) is 50.4 Å². The fourth-order valence-electron chi connectivity index (χ4n) is 2.15. The first-order valence-electron chi connectivity index (χ1n) is 6.42. The van der Waals surface area contributed by atoms with Crippen LogP contribution in [0, 0.1) is 0 Å². The molecule has 4 nitrogen and oxygen atoms in total. The fraction of sp³-hybridized carbons (Fsp3) is 0.133. The minimum absolute atomic E-state index is 0.205. The van der Waals surface area contributed by atoms with Gasteiger partial charge in [0.25, 0.3) is 5.91 Å². The number of hydrogen-bond donors (Lipinski definition) is 2. The molecule has 1 aliphatic rings. The van der Waals surface area contributed by atoms with Gasteiger partial charge in [-0.3, -0.25) is 4.79 Å². The standard InChI is InChI=1S/C15H12Br2N2O2/c16-10-4-2-5-11(17)13(10)19-15(20)9-3-1-6-12-14(9)21-8-7-18-12/h1-6,18H,7-8H2,(H,19,20). The highest BCUT2D eigenvalue weighted by molar-refractivity contribution is 9.11. The van der Waals surface area contributed by atoms with Crippen LogP contribution in [-0.4, -0.2) is 19.1 Å². The van der Waals surface area contributed by atoms with Crippen LogP contribution in [0.1, 0.15) is 10.4 Å². The van der Waals surface area contributed by atoms with Gasteiger partial charge in [-0.05, 0) is 56.1 Å². The summed E-state index contributed by atoms with van der Waals surface area (Å²) in [4.78, 5) is 12.5. The summed E-state index contributed by atoms with van der Waals surface area (Å²) in [5.41, 5.74) is 2.06. The third-order valence-electron chi connectivity index (χ3n) is 3.12. The highest BCUT2D eigenvalue weighted by atomic mass is 79.9. The van der Waals surface area contributed by atoms with Crippen molar-refractivity contribution < 1.29 is 9.53 Å². The van der Waals surface area contributed by atoms with Crippen molar-refractivity contribution in [3.63, 3.8) is 0 Å². The average Bonchev–Trinajstić information content (AvgIpc) is 2.50. The van der Waals surface area contributed by atoms with E-state index in [1.54, 1.807) is 6.07 Å². The van der Waals surface area contributed by atoms with E-state index in [0.29, 0.717) is 23.6 Å². The molecule has 2 aromatic carbocycles. The SMILES string of the molecule is O=C(Nc1c(Br)cccc1Br)c1cccc2c1OCCN2. The van der Waals surface area contributed by atoms with E-state index in [-0.39, 0.29) is 5.91 Å². The van der Waals surface area contributed by atoms with Crippen molar-refractivity contribution in [2.45, 2.75) is 0 Å². The Bertz CT molecular complexity index is 684. The van der Waals surface area contributed by atoms with Gasteiger partial charge in [-0.1, -0.05) is 12.1 Å². The Labute approximate surface area is 139 Å². The largest absolute Gasteiger partial charge is 0.489 e. The maximum absolute atomic E-state index is 12.5. The van der Waals surface area contributed by atoms with Crippen molar-refractivity contribution in [2.24, 2.45) is 0 Å². The van der Waals surface area contributed by atoms with Crippen molar-refractivity contribution in [1.82, 2.24) is 0 Å². The molecule has 0 spiro atoms. The van der Waals surface area contributed by atoms with E-state index in [1.807, 2.05) is 30.3 Å². The van der Waals surface area contributed by atoms with Crippen LogP contribution in [0.3, 0.4) is 0 Å². The van der Waals surface area contributed by atoms with Crippen LogP contribution in [0.4, 0.5) is 11.4 Å².